The summed E-state index contributed by atoms with van der Waals surface area (Å²) >= 11 is 9.23. The minimum absolute atomic E-state index is 0.101. The lowest BCUT2D eigenvalue weighted by molar-refractivity contribution is 0.197. The third kappa shape index (κ3) is 4.75. The molecule has 0 bridgehead atoms. The van der Waals surface area contributed by atoms with E-state index in [0.717, 1.165) is 4.47 Å². The summed E-state index contributed by atoms with van der Waals surface area (Å²) in [6, 6.07) is 13.2. The van der Waals surface area contributed by atoms with Crippen molar-refractivity contribution in [3.8, 4) is 11.5 Å². The van der Waals surface area contributed by atoms with Gasteiger partial charge in [-0.3, -0.25) is 0 Å². The highest BCUT2D eigenvalue weighted by Crippen LogP contribution is 2.33. The Bertz CT molecular complexity index is 1030. The predicted octanol–water partition coefficient (Wildman–Crippen LogP) is 5.04. The van der Waals surface area contributed by atoms with Gasteiger partial charge in [-0.1, -0.05) is 27.5 Å². The standard InChI is InChI=1S/C19H18BrClN2O4S/c1-26-12-2-11-22-18-19(28(24,25)16-9-5-14(20)6-10-16)23-17(27-18)13-3-7-15(21)8-4-13/h3-10,22H,2,11-12H2,1H3. The summed E-state index contributed by atoms with van der Waals surface area (Å²) in [6.45, 7) is 1.02. The van der Waals surface area contributed by atoms with E-state index < -0.39 is 9.84 Å². The van der Waals surface area contributed by atoms with Crippen LogP contribution in [0.15, 0.2) is 67.3 Å². The molecule has 0 aliphatic carbocycles. The van der Waals surface area contributed by atoms with Crippen molar-refractivity contribution in [1.29, 1.82) is 0 Å². The number of aromatic nitrogens is 1. The van der Waals surface area contributed by atoms with Gasteiger partial charge in [0.15, 0.2) is 0 Å². The molecule has 3 aromatic rings. The molecule has 2 aromatic carbocycles. The number of halogens is 2. The molecule has 0 unspecified atom stereocenters. The summed E-state index contributed by atoms with van der Waals surface area (Å²) in [5.41, 5.74) is 0.626. The van der Waals surface area contributed by atoms with E-state index in [9.17, 15) is 8.42 Å². The molecule has 0 atom stereocenters. The van der Waals surface area contributed by atoms with Crippen molar-refractivity contribution in [2.45, 2.75) is 16.3 Å². The van der Waals surface area contributed by atoms with Crippen LogP contribution in [0.2, 0.25) is 5.02 Å². The monoisotopic (exact) mass is 484 g/mol. The maximum absolute atomic E-state index is 13.1. The second kappa shape index (κ2) is 9.09. The van der Waals surface area contributed by atoms with Crippen LogP contribution in [0.1, 0.15) is 6.42 Å². The van der Waals surface area contributed by atoms with Crippen LogP contribution in [-0.2, 0) is 14.6 Å². The molecule has 0 fully saturated rings. The van der Waals surface area contributed by atoms with Crippen LogP contribution >= 0.6 is 27.5 Å². The summed E-state index contributed by atoms with van der Waals surface area (Å²) in [5.74, 6) is 0.297. The lowest BCUT2D eigenvalue weighted by Gasteiger charge is -2.06. The molecule has 148 valence electrons. The largest absolute Gasteiger partial charge is 0.419 e. The highest BCUT2D eigenvalue weighted by Gasteiger charge is 2.28. The first kappa shape index (κ1) is 20.9. The van der Waals surface area contributed by atoms with Crippen molar-refractivity contribution in [3.63, 3.8) is 0 Å². The Hall–Kier alpha value is -1.87. The smallest absolute Gasteiger partial charge is 0.233 e. The molecule has 0 spiro atoms. The van der Waals surface area contributed by atoms with E-state index in [1.54, 1.807) is 43.5 Å². The van der Waals surface area contributed by atoms with Crippen LogP contribution in [0.4, 0.5) is 5.88 Å². The average Bonchev–Trinajstić information content (AvgIpc) is 3.11. The number of hydrogen-bond donors (Lipinski definition) is 1. The number of anilines is 1. The molecule has 28 heavy (non-hydrogen) atoms. The number of ether oxygens (including phenoxy) is 1. The van der Waals surface area contributed by atoms with Crippen molar-refractivity contribution in [3.05, 3.63) is 58.0 Å². The third-order valence-electron chi connectivity index (χ3n) is 3.88. The molecule has 0 amide bonds. The molecule has 1 aromatic heterocycles. The van der Waals surface area contributed by atoms with E-state index in [0.29, 0.717) is 30.2 Å². The number of sulfone groups is 1. The van der Waals surface area contributed by atoms with Gasteiger partial charge in [-0.2, -0.15) is 4.98 Å². The first-order valence-electron chi connectivity index (χ1n) is 8.42. The van der Waals surface area contributed by atoms with E-state index >= 15 is 0 Å². The first-order chi connectivity index (χ1) is 13.4. The maximum Gasteiger partial charge on any atom is 0.233 e. The van der Waals surface area contributed by atoms with E-state index in [-0.39, 0.29) is 21.7 Å². The zero-order valence-corrected chi connectivity index (χ0v) is 18.1. The molecule has 0 radical (unpaired) electrons. The fourth-order valence-electron chi connectivity index (χ4n) is 2.46. The van der Waals surface area contributed by atoms with Gasteiger partial charge >= 0.3 is 0 Å². The van der Waals surface area contributed by atoms with Gasteiger partial charge in [0.05, 0.1) is 4.90 Å². The summed E-state index contributed by atoms with van der Waals surface area (Å²) in [7, 11) is -2.26. The number of methoxy groups -OCH3 is 1. The van der Waals surface area contributed by atoms with E-state index in [1.807, 2.05) is 0 Å². The summed E-state index contributed by atoms with van der Waals surface area (Å²) in [5, 5.41) is 3.42. The number of nitrogens with one attached hydrogen (secondary N) is 1. The van der Waals surface area contributed by atoms with Gasteiger partial charge < -0.3 is 14.5 Å². The fraction of sp³-hybridized carbons (Fsp3) is 0.211. The molecule has 1 heterocycles. The minimum atomic E-state index is -3.87. The zero-order chi connectivity index (χ0) is 20.1. The van der Waals surface area contributed by atoms with Crippen LogP contribution in [0, 0.1) is 0 Å². The van der Waals surface area contributed by atoms with Crippen LogP contribution in [0.5, 0.6) is 0 Å². The second-order valence-electron chi connectivity index (χ2n) is 5.89. The van der Waals surface area contributed by atoms with Crippen LogP contribution in [-0.4, -0.2) is 33.7 Å². The molecule has 0 saturated carbocycles. The molecule has 0 aliphatic rings. The Kier molecular flexibility index (Phi) is 6.77. The summed E-state index contributed by atoms with van der Waals surface area (Å²) in [4.78, 5) is 4.41. The van der Waals surface area contributed by atoms with E-state index in [1.165, 1.54) is 12.1 Å². The Morgan fingerprint density at radius 2 is 1.82 bits per heavy atom. The van der Waals surface area contributed by atoms with Gasteiger partial charge in [0.25, 0.3) is 0 Å². The predicted molar refractivity (Wildman–Crippen MR) is 112 cm³/mol. The first-order valence-corrected chi connectivity index (χ1v) is 11.1. The molecule has 9 heteroatoms. The van der Waals surface area contributed by atoms with Crippen molar-refractivity contribution in [1.82, 2.24) is 4.98 Å². The van der Waals surface area contributed by atoms with Gasteiger partial charge in [-0.05, 0) is 55.0 Å². The maximum atomic E-state index is 13.1. The van der Waals surface area contributed by atoms with Crippen molar-refractivity contribution in [2.24, 2.45) is 0 Å². The molecule has 6 nitrogen and oxygen atoms in total. The highest BCUT2D eigenvalue weighted by atomic mass is 79.9. The molecule has 3 rings (SSSR count). The van der Waals surface area contributed by atoms with Crippen molar-refractivity contribution < 1.29 is 17.6 Å². The second-order valence-corrected chi connectivity index (χ2v) is 9.11. The Morgan fingerprint density at radius 1 is 1.14 bits per heavy atom. The number of oxazole rings is 1. The van der Waals surface area contributed by atoms with Gasteiger partial charge in [0.2, 0.25) is 26.6 Å². The van der Waals surface area contributed by atoms with E-state index in [2.05, 4.69) is 26.2 Å². The average molecular weight is 486 g/mol. The van der Waals surface area contributed by atoms with Crippen LogP contribution in [0.3, 0.4) is 0 Å². The van der Waals surface area contributed by atoms with Gasteiger partial charge in [0, 0.05) is 35.3 Å². The number of hydrogen-bond acceptors (Lipinski definition) is 6. The topological polar surface area (TPSA) is 81.4 Å². The Labute approximate surface area is 176 Å². The zero-order valence-electron chi connectivity index (χ0n) is 15.0. The quantitative estimate of drug-likeness (QED) is 0.450. The van der Waals surface area contributed by atoms with Crippen molar-refractivity contribution in [2.75, 3.05) is 25.6 Å². The summed E-state index contributed by atoms with van der Waals surface area (Å²) in [6.07, 6.45) is 0.686. The molecular formula is C19H18BrClN2O4S. The van der Waals surface area contributed by atoms with Gasteiger partial charge in [-0.25, -0.2) is 8.42 Å². The van der Waals surface area contributed by atoms with Gasteiger partial charge in [0.1, 0.15) is 0 Å². The normalized spacial score (nSPS) is 11.5. The molecule has 0 saturated heterocycles. The number of nitrogens with zero attached hydrogens (tertiary/aromatic N) is 1. The third-order valence-corrected chi connectivity index (χ3v) is 6.34. The van der Waals surface area contributed by atoms with E-state index in [4.69, 9.17) is 20.8 Å². The Morgan fingerprint density at radius 3 is 2.46 bits per heavy atom. The number of benzene rings is 2. The van der Waals surface area contributed by atoms with Crippen molar-refractivity contribution >= 4 is 43.3 Å². The molecular weight excluding hydrogens is 468 g/mol. The number of rotatable bonds is 8. The fourth-order valence-corrected chi connectivity index (χ4v) is 4.13. The lowest BCUT2D eigenvalue weighted by Crippen LogP contribution is -2.09. The highest BCUT2D eigenvalue weighted by molar-refractivity contribution is 9.10. The summed E-state index contributed by atoms with van der Waals surface area (Å²) < 4.78 is 37.8. The Balaban J connectivity index is 2.01. The van der Waals surface area contributed by atoms with Crippen LogP contribution < -0.4 is 5.32 Å². The molecule has 1 N–H and O–H groups in total. The van der Waals surface area contributed by atoms with Gasteiger partial charge in [-0.15, -0.1) is 0 Å². The molecule has 0 aliphatic heterocycles. The lowest BCUT2D eigenvalue weighted by atomic mass is 10.2. The SMILES string of the molecule is COCCCNc1oc(-c2ccc(Cl)cc2)nc1S(=O)(=O)c1ccc(Br)cc1. The van der Waals surface area contributed by atoms with Crippen LogP contribution in [0.25, 0.3) is 11.5 Å². The minimum Gasteiger partial charge on any atom is -0.419 e.